The molecule has 1 spiro atoms. The molecule has 274 valence electrons. The third-order valence-electron chi connectivity index (χ3n) is 12.7. The molecule has 2 aromatic carbocycles. The van der Waals surface area contributed by atoms with Crippen LogP contribution in [-0.2, 0) is 9.47 Å². The first-order valence-electron chi connectivity index (χ1n) is 17.6. The molecule has 1 heterocycles. The predicted octanol–water partition coefficient (Wildman–Crippen LogP) is 8.01. The van der Waals surface area contributed by atoms with Gasteiger partial charge in [-0.15, -0.1) is 0 Å². The first kappa shape index (κ1) is 36.1. The van der Waals surface area contributed by atoms with Crippen molar-refractivity contribution in [3.63, 3.8) is 0 Å². The second kappa shape index (κ2) is 11.9. The van der Waals surface area contributed by atoms with Gasteiger partial charge in [0.25, 0.3) is 0 Å². The molecule has 2 aromatic rings. The summed E-state index contributed by atoms with van der Waals surface area (Å²) in [7, 11) is 0. The van der Waals surface area contributed by atoms with E-state index in [0.717, 1.165) is 11.1 Å². The Labute approximate surface area is 294 Å². The van der Waals surface area contributed by atoms with Crippen molar-refractivity contribution in [3.05, 3.63) is 81.9 Å². The highest BCUT2D eigenvalue weighted by Crippen LogP contribution is 2.71. The lowest BCUT2D eigenvalue weighted by atomic mass is 9.49. The third-order valence-corrected chi connectivity index (χ3v) is 12.7. The number of allylic oxidation sites excluding steroid dienone is 1. The fraction of sp³-hybridized carbons (Fsp3) is 0.575. The molecular formula is C40H43F5O6. The van der Waals surface area contributed by atoms with Gasteiger partial charge in [0, 0.05) is 40.7 Å². The largest absolute Gasteiger partial charge is 0.478 e. The Morgan fingerprint density at radius 1 is 0.882 bits per heavy atom. The van der Waals surface area contributed by atoms with Crippen molar-refractivity contribution in [1.29, 1.82) is 0 Å². The van der Waals surface area contributed by atoms with E-state index in [1.807, 2.05) is 13.8 Å². The van der Waals surface area contributed by atoms with Crippen LogP contribution in [0.2, 0.25) is 0 Å². The minimum absolute atomic E-state index is 0.00805. The average Bonchev–Trinajstić information content (AvgIpc) is 3.35. The van der Waals surface area contributed by atoms with Crippen molar-refractivity contribution >= 4 is 5.97 Å². The van der Waals surface area contributed by atoms with Crippen LogP contribution in [0.5, 0.6) is 0 Å². The molecule has 4 aliphatic carbocycles. The lowest BCUT2D eigenvalue weighted by Gasteiger charge is -2.59. The van der Waals surface area contributed by atoms with E-state index >= 15 is 8.78 Å². The van der Waals surface area contributed by atoms with Gasteiger partial charge in [0.05, 0.1) is 24.4 Å². The van der Waals surface area contributed by atoms with Crippen LogP contribution in [0, 0.1) is 34.5 Å². The molecule has 0 unspecified atom stereocenters. The topological polar surface area (TPSA) is 96.2 Å². The SMILES string of the molecule is CC1(C)COC2(CCC3=C4[C@@H](CC[C@@]3(O)C2)[C@@H]2CC[C@@](O)(C(F)(F)C(F)(F)F)[C@@]2(C)C[C@@H]4c2ccc(C#Cc3cccc(C(=O)O)c3)cc2)OC1. The van der Waals surface area contributed by atoms with Crippen LogP contribution in [0.25, 0.3) is 0 Å². The fourth-order valence-corrected chi connectivity index (χ4v) is 9.98. The Kier molecular flexibility index (Phi) is 8.39. The number of halogens is 5. The van der Waals surface area contributed by atoms with E-state index in [0.29, 0.717) is 49.2 Å². The molecule has 6 atom stereocenters. The Hall–Kier alpha value is -3.30. The summed E-state index contributed by atoms with van der Waals surface area (Å²) >= 11 is 0. The first-order valence-corrected chi connectivity index (χ1v) is 17.6. The molecule has 3 N–H and O–H groups in total. The van der Waals surface area contributed by atoms with E-state index in [4.69, 9.17) is 9.47 Å². The maximum atomic E-state index is 15.4. The summed E-state index contributed by atoms with van der Waals surface area (Å²) in [6.07, 6.45) is -5.04. The van der Waals surface area contributed by atoms with Gasteiger partial charge in [-0.1, -0.05) is 56.4 Å². The number of hydrogen-bond donors (Lipinski definition) is 3. The second-order valence-electron chi connectivity index (χ2n) is 16.4. The van der Waals surface area contributed by atoms with Gasteiger partial charge < -0.3 is 24.8 Å². The Morgan fingerprint density at radius 2 is 1.55 bits per heavy atom. The maximum Gasteiger partial charge on any atom is 0.456 e. The molecule has 1 saturated heterocycles. The normalized spacial score (nSPS) is 34.2. The van der Waals surface area contributed by atoms with Crippen molar-refractivity contribution in [2.45, 2.75) is 107 Å². The molecule has 0 aromatic heterocycles. The maximum absolute atomic E-state index is 15.4. The Balaban J connectivity index is 1.29. The number of carboxylic acids is 1. The highest BCUT2D eigenvalue weighted by atomic mass is 19.4. The molecule has 0 bridgehead atoms. The van der Waals surface area contributed by atoms with Gasteiger partial charge in [0.1, 0.15) is 5.60 Å². The monoisotopic (exact) mass is 714 g/mol. The van der Waals surface area contributed by atoms with Gasteiger partial charge in [0.2, 0.25) is 0 Å². The van der Waals surface area contributed by atoms with Gasteiger partial charge in [0.15, 0.2) is 5.79 Å². The lowest BCUT2D eigenvalue weighted by molar-refractivity contribution is -0.362. The highest BCUT2D eigenvalue weighted by molar-refractivity contribution is 5.88. The van der Waals surface area contributed by atoms with Gasteiger partial charge in [-0.2, -0.15) is 22.0 Å². The van der Waals surface area contributed by atoms with Crippen LogP contribution in [0.4, 0.5) is 22.0 Å². The standard InChI is InChI=1S/C40H43F5O6/c1-34(2)22-50-37(51-23-34)17-14-31-32-28(13-16-36(31,48)21-37)30-15-18-38(49,39(41,42)40(43,44)45)35(30,3)20-29(32)26-11-9-24(10-12-26)7-8-25-5-4-6-27(19-25)33(46)47/h4-6,9-12,19,28-30,48-49H,13-18,20-23H2,1-3H3,(H,46,47)/t28-,29+,30-,35-,36+,38-/m0/s1. The molecule has 0 amide bonds. The molecule has 5 aliphatic rings. The number of carboxylic acid groups (broad SMARTS) is 1. The Bertz CT molecular complexity index is 1810. The quantitative estimate of drug-likeness (QED) is 0.170. The van der Waals surface area contributed by atoms with E-state index in [1.165, 1.54) is 19.1 Å². The van der Waals surface area contributed by atoms with E-state index < -0.39 is 64.6 Å². The summed E-state index contributed by atoms with van der Waals surface area (Å²) in [6, 6.07) is 13.2. The summed E-state index contributed by atoms with van der Waals surface area (Å²) in [5.74, 6) is -3.12. The minimum atomic E-state index is -5.93. The zero-order chi connectivity index (χ0) is 36.8. The number of aromatic carboxylic acids is 1. The molecule has 4 fully saturated rings. The van der Waals surface area contributed by atoms with Crippen LogP contribution in [-0.4, -0.2) is 63.6 Å². The van der Waals surface area contributed by atoms with Gasteiger partial charge >= 0.3 is 18.1 Å². The van der Waals surface area contributed by atoms with Crippen molar-refractivity contribution in [3.8, 4) is 11.8 Å². The summed E-state index contributed by atoms with van der Waals surface area (Å²) in [4.78, 5) is 11.4. The van der Waals surface area contributed by atoms with Crippen LogP contribution in [0.15, 0.2) is 59.7 Å². The smallest absolute Gasteiger partial charge is 0.456 e. The van der Waals surface area contributed by atoms with Gasteiger partial charge in [-0.05, 0) is 91.8 Å². The van der Waals surface area contributed by atoms with Gasteiger partial charge in [-0.3, -0.25) is 0 Å². The molecular weight excluding hydrogens is 671 g/mol. The summed E-state index contributed by atoms with van der Waals surface area (Å²) < 4.78 is 85.4. The van der Waals surface area contributed by atoms with Crippen LogP contribution in [0.1, 0.15) is 105 Å². The summed E-state index contributed by atoms with van der Waals surface area (Å²) in [5.41, 5.74) is -3.07. The number of aliphatic hydroxyl groups is 2. The van der Waals surface area contributed by atoms with Crippen LogP contribution >= 0.6 is 0 Å². The number of ether oxygens (including phenoxy) is 2. The van der Waals surface area contributed by atoms with Gasteiger partial charge in [-0.25, -0.2) is 4.79 Å². The second-order valence-corrected chi connectivity index (χ2v) is 16.4. The summed E-state index contributed by atoms with van der Waals surface area (Å²) in [6.45, 7) is 6.41. The molecule has 0 radical (unpaired) electrons. The van der Waals surface area contributed by atoms with Crippen molar-refractivity contribution in [1.82, 2.24) is 0 Å². The van der Waals surface area contributed by atoms with Crippen LogP contribution < -0.4 is 0 Å². The van der Waals surface area contributed by atoms with Crippen LogP contribution in [0.3, 0.4) is 0 Å². The zero-order valence-electron chi connectivity index (χ0n) is 28.9. The number of carbonyl (C=O) groups is 1. The number of benzene rings is 2. The first-order chi connectivity index (χ1) is 23.7. The lowest BCUT2D eigenvalue weighted by Crippen LogP contribution is -2.65. The fourth-order valence-electron chi connectivity index (χ4n) is 9.98. The molecule has 51 heavy (non-hydrogen) atoms. The number of fused-ring (bicyclic) bond motifs is 4. The number of rotatable bonds is 3. The highest BCUT2D eigenvalue weighted by Gasteiger charge is 2.79. The minimum Gasteiger partial charge on any atom is -0.478 e. The summed E-state index contributed by atoms with van der Waals surface area (Å²) in [5, 5.41) is 33.3. The van der Waals surface area contributed by atoms with E-state index in [-0.39, 0.29) is 36.7 Å². The average molecular weight is 715 g/mol. The van der Waals surface area contributed by atoms with E-state index in [9.17, 15) is 33.3 Å². The Morgan fingerprint density at radius 3 is 2.20 bits per heavy atom. The molecule has 3 saturated carbocycles. The number of alkyl halides is 5. The third kappa shape index (κ3) is 5.72. The molecule has 11 heteroatoms. The van der Waals surface area contributed by atoms with Crippen molar-refractivity contribution in [2.24, 2.45) is 22.7 Å². The van der Waals surface area contributed by atoms with E-state index in [1.54, 1.807) is 36.4 Å². The van der Waals surface area contributed by atoms with Crippen molar-refractivity contribution < 1.29 is 51.5 Å². The molecule has 1 aliphatic heterocycles. The zero-order valence-corrected chi connectivity index (χ0v) is 28.9. The predicted molar refractivity (Wildman–Crippen MR) is 177 cm³/mol. The number of hydrogen-bond acceptors (Lipinski definition) is 5. The molecule has 7 rings (SSSR count). The molecule has 6 nitrogen and oxygen atoms in total. The van der Waals surface area contributed by atoms with Crippen molar-refractivity contribution in [2.75, 3.05) is 13.2 Å². The van der Waals surface area contributed by atoms with E-state index in [2.05, 4.69) is 11.8 Å².